The minimum Gasteiger partial charge on any atom is -0.361 e. The van der Waals surface area contributed by atoms with Crippen molar-refractivity contribution >= 4 is 0 Å². The van der Waals surface area contributed by atoms with Gasteiger partial charge in [-0.05, 0) is 18.6 Å². The lowest BCUT2D eigenvalue weighted by Crippen LogP contribution is -1.81. The van der Waals surface area contributed by atoms with Crippen LogP contribution >= 0.6 is 0 Å². The highest BCUT2D eigenvalue weighted by atomic mass is 16.5. The van der Waals surface area contributed by atoms with Gasteiger partial charge in [-0.1, -0.05) is 31.0 Å². The lowest BCUT2D eigenvalue weighted by molar-refractivity contribution is 0.381. The van der Waals surface area contributed by atoms with Gasteiger partial charge in [0.15, 0.2) is 0 Å². The van der Waals surface area contributed by atoms with Gasteiger partial charge in [-0.2, -0.15) is 0 Å². The molecule has 0 fully saturated rings. The number of unbranched alkanes of at least 4 members (excludes halogenated alkanes) is 2. The Morgan fingerprint density at radius 2 is 2.12 bits per heavy atom. The highest BCUT2D eigenvalue weighted by Gasteiger charge is 2.06. The summed E-state index contributed by atoms with van der Waals surface area (Å²) in [4.78, 5) is 4.24. The van der Waals surface area contributed by atoms with E-state index in [1.54, 1.807) is 6.20 Å². The maximum atomic E-state index is 5.28. The fraction of sp³-hybridized carbons (Fsp3) is 0.385. The first-order valence-corrected chi connectivity index (χ1v) is 5.77. The summed E-state index contributed by atoms with van der Waals surface area (Å²) in [6.07, 6.45) is 6.35. The lowest BCUT2D eigenvalue weighted by Gasteiger charge is -1.92. The number of hydrogen-bond acceptors (Lipinski definition) is 3. The zero-order valence-electron chi connectivity index (χ0n) is 9.52. The Balaban J connectivity index is 2.02. The molecule has 0 unspecified atom stereocenters. The van der Waals surface area contributed by atoms with E-state index >= 15 is 0 Å². The van der Waals surface area contributed by atoms with Gasteiger partial charge < -0.3 is 4.52 Å². The summed E-state index contributed by atoms with van der Waals surface area (Å²) in [6.45, 7) is 2.19. The molecule has 84 valence electrons. The monoisotopic (exact) mass is 216 g/mol. The Labute approximate surface area is 95.5 Å². The van der Waals surface area contributed by atoms with Crippen molar-refractivity contribution in [3.05, 3.63) is 36.2 Å². The Hall–Kier alpha value is -1.64. The second kappa shape index (κ2) is 5.45. The van der Waals surface area contributed by atoms with E-state index in [1.165, 1.54) is 12.8 Å². The molecule has 0 aliphatic heterocycles. The number of aromatic nitrogens is 2. The maximum Gasteiger partial charge on any atom is 0.137 e. The Morgan fingerprint density at radius 1 is 1.19 bits per heavy atom. The molecule has 2 aromatic heterocycles. The molecule has 0 atom stereocenters. The summed E-state index contributed by atoms with van der Waals surface area (Å²) in [7, 11) is 0. The van der Waals surface area contributed by atoms with Crippen molar-refractivity contribution in [1.29, 1.82) is 0 Å². The normalized spacial score (nSPS) is 10.6. The number of hydrogen-bond donors (Lipinski definition) is 0. The van der Waals surface area contributed by atoms with Crippen molar-refractivity contribution < 1.29 is 4.52 Å². The van der Waals surface area contributed by atoms with E-state index in [2.05, 4.69) is 17.1 Å². The highest BCUT2D eigenvalue weighted by molar-refractivity contribution is 5.52. The van der Waals surface area contributed by atoms with E-state index in [0.717, 1.165) is 30.0 Å². The summed E-state index contributed by atoms with van der Waals surface area (Å²) >= 11 is 0. The van der Waals surface area contributed by atoms with Crippen LogP contribution in [0.3, 0.4) is 0 Å². The second-order valence-corrected chi connectivity index (χ2v) is 3.85. The van der Waals surface area contributed by atoms with Gasteiger partial charge in [-0.25, -0.2) is 0 Å². The van der Waals surface area contributed by atoms with Gasteiger partial charge in [0.1, 0.15) is 11.5 Å². The van der Waals surface area contributed by atoms with Crippen LogP contribution in [0.1, 0.15) is 31.9 Å². The first-order chi connectivity index (χ1) is 7.90. The molecule has 16 heavy (non-hydrogen) atoms. The SMILES string of the molecule is CCCCCc1cc(-c2ccccn2)no1. The van der Waals surface area contributed by atoms with Crippen molar-refractivity contribution in [1.82, 2.24) is 10.1 Å². The van der Waals surface area contributed by atoms with E-state index in [1.807, 2.05) is 24.3 Å². The predicted molar refractivity (Wildman–Crippen MR) is 63.0 cm³/mol. The van der Waals surface area contributed by atoms with Crippen molar-refractivity contribution in [2.75, 3.05) is 0 Å². The molecule has 0 N–H and O–H groups in total. The number of nitrogens with zero attached hydrogens (tertiary/aromatic N) is 2. The van der Waals surface area contributed by atoms with E-state index in [9.17, 15) is 0 Å². The average Bonchev–Trinajstić information content (AvgIpc) is 2.79. The van der Waals surface area contributed by atoms with E-state index in [4.69, 9.17) is 4.52 Å². The molecule has 0 spiro atoms. The van der Waals surface area contributed by atoms with Crippen LogP contribution in [-0.2, 0) is 6.42 Å². The van der Waals surface area contributed by atoms with Crippen molar-refractivity contribution in [2.45, 2.75) is 32.6 Å². The molecule has 0 aliphatic rings. The number of pyridine rings is 1. The van der Waals surface area contributed by atoms with E-state index in [0.29, 0.717) is 0 Å². The molecular formula is C13H16N2O. The second-order valence-electron chi connectivity index (χ2n) is 3.85. The van der Waals surface area contributed by atoms with Crippen molar-refractivity contribution in [3.8, 4) is 11.4 Å². The molecule has 0 amide bonds. The van der Waals surface area contributed by atoms with Crippen molar-refractivity contribution in [3.63, 3.8) is 0 Å². The molecule has 0 aromatic carbocycles. The smallest absolute Gasteiger partial charge is 0.137 e. The molecule has 2 aromatic rings. The van der Waals surface area contributed by atoms with Crippen LogP contribution < -0.4 is 0 Å². The van der Waals surface area contributed by atoms with Gasteiger partial charge in [0.05, 0.1) is 5.69 Å². The molecular weight excluding hydrogens is 200 g/mol. The van der Waals surface area contributed by atoms with Gasteiger partial charge in [0, 0.05) is 18.7 Å². The lowest BCUT2D eigenvalue weighted by atomic mass is 10.1. The molecule has 2 heterocycles. The van der Waals surface area contributed by atoms with E-state index in [-0.39, 0.29) is 0 Å². The van der Waals surface area contributed by atoms with Gasteiger partial charge in [0.25, 0.3) is 0 Å². The minimum atomic E-state index is 0.826. The van der Waals surface area contributed by atoms with Gasteiger partial charge in [-0.15, -0.1) is 0 Å². The largest absolute Gasteiger partial charge is 0.361 e. The number of rotatable bonds is 5. The van der Waals surface area contributed by atoms with Gasteiger partial charge in [0.2, 0.25) is 0 Å². The zero-order chi connectivity index (χ0) is 11.2. The quantitative estimate of drug-likeness (QED) is 0.718. The van der Waals surface area contributed by atoms with E-state index < -0.39 is 0 Å². The molecule has 2 rings (SSSR count). The Kier molecular flexibility index (Phi) is 3.70. The van der Waals surface area contributed by atoms with Gasteiger partial charge in [-0.3, -0.25) is 4.98 Å². The van der Waals surface area contributed by atoms with Crippen molar-refractivity contribution in [2.24, 2.45) is 0 Å². The summed E-state index contributed by atoms with van der Waals surface area (Å²) in [6, 6.07) is 7.77. The first kappa shape index (κ1) is 10.9. The molecule has 0 bridgehead atoms. The third-order valence-corrected chi connectivity index (χ3v) is 2.51. The average molecular weight is 216 g/mol. The topological polar surface area (TPSA) is 38.9 Å². The Bertz CT molecular complexity index is 423. The fourth-order valence-electron chi connectivity index (χ4n) is 1.62. The summed E-state index contributed by atoms with van der Waals surface area (Å²) in [5.41, 5.74) is 1.69. The van der Waals surface area contributed by atoms with Crippen LogP contribution in [0.4, 0.5) is 0 Å². The summed E-state index contributed by atoms with van der Waals surface area (Å²) in [5.74, 6) is 0.953. The third kappa shape index (κ3) is 2.69. The molecule has 0 radical (unpaired) electrons. The molecule has 0 saturated heterocycles. The molecule has 0 aliphatic carbocycles. The van der Waals surface area contributed by atoms with Crippen LogP contribution in [0.5, 0.6) is 0 Å². The van der Waals surface area contributed by atoms with Crippen LogP contribution in [0, 0.1) is 0 Å². The molecule has 3 heteroatoms. The summed E-state index contributed by atoms with van der Waals surface area (Å²) < 4.78 is 5.28. The van der Waals surface area contributed by atoms with Crippen LogP contribution in [0.15, 0.2) is 35.0 Å². The number of aryl methyl sites for hydroxylation is 1. The highest BCUT2D eigenvalue weighted by Crippen LogP contribution is 2.17. The Morgan fingerprint density at radius 3 is 2.88 bits per heavy atom. The first-order valence-electron chi connectivity index (χ1n) is 5.77. The molecule has 3 nitrogen and oxygen atoms in total. The van der Waals surface area contributed by atoms with Crippen LogP contribution in [-0.4, -0.2) is 10.1 Å². The minimum absolute atomic E-state index is 0.826. The maximum absolute atomic E-state index is 5.28. The standard InChI is InChI=1S/C13H16N2O/c1-2-3-4-7-11-10-13(15-16-11)12-8-5-6-9-14-12/h5-6,8-10H,2-4,7H2,1H3. The fourth-order valence-corrected chi connectivity index (χ4v) is 1.62. The summed E-state index contributed by atoms with van der Waals surface area (Å²) in [5, 5.41) is 4.03. The third-order valence-electron chi connectivity index (χ3n) is 2.51. The van der Waals surface area contributed by atoms with Crippen LogP contribution in [0.25, 0.3) is 11.4 Å². The van der Waals surface area contributed by atoms with Crippen LogP contribution in [0.2, 0.25) is 0 Å². The van der Waals surface area contributed by atoms with Gasteiger partial charge >= 0.3 is 0 Å². The predicted octanol–water partition coefficient (Wildman–Crippen LogP) is 3.47. The molecule has 0 saturated carbocycles. The zero-order valence-corrected chi connectivity index (χ0v) is 9.52.